The monoisotopic (exact) mass is 267 g/mol. The number of hydrogen-bond donors (Lipinski definition) is 1. The minimum absolute atomic E-state index is 0.806. The van der Waals surface area contributed by atoms with Gasteiger partial charge >= 0.3 is 0 Å². The SMILES string of the molecule is CC(C)CN1CCC(N2CCCC(CCN)C2)CC1. The summed E-state index contributed by atoms with van der Waals surface area (Å²) in [6.07, 6.45) is 6.77. The molecule has 0 aromatic rings. The zero-order valence-corrected chi connectivity index (χ0v) is 13.0. The smallest absolute Gasteiger partial charge is 0.0120 e. The third-order valence-corrected chi connectivity index (χ3v) is 4.82. The first-order chi connectivity index (χ1) is 9.19. The Kier molecular flexibility index (Phi) is 6.11. The van der Waals surface area contributed by atoms with Crippen LogP contribution in [-0.2, 0) is 0 Å². The number of likely N-dealkylation sites (tertiary alicyclic amines) is 2. The molecular formula is C16H33N3. The molecular weight excluding hydrogens is 234 g/mol. The first kappa shape index (κ1) is 15.3. The van der Waals surface area contributed by atoms with Gasteiger partial charge in [-0.25, -0.2) is 0 Å². The van der Waals surface area contributed by atoms with Crippen LogP contribution < -0.4 is 5.73 Å². The average molecular weight is 267 g/mol. The predicted octanol–water partition coefficient (Wildman–Crippen LogP) is 2.17. The van der Waals surface area contributed by atoms with Crippen molar-refractivity contribution >= 4 is 0 Å². The lowest BCUT2D eigenvalue weighted by molar-refractivity contribution is 0.0667. The number of piperidine rings is 2. The van der Waals surface area contributed by atoms with Crippen LogP contribution in [0.1, 0.15) is 46.0 Å². The highest BCUT2D eigenvalue weighted by molar-refractivity contribution is 4.84. The average Bonchev–Trinajstić information content (AvgIpc) is 2.40. The number of rotatable bonds is 5. The van der Waals surface area contributed by atoms with Gasteiger partial charge < -0.3 is 15.5 Å². The second-order valence-electron chi connectivity index (χ2n) is 7.01. The first-order valence-electron chi connectivity index (χ1n) is 8.35. The highest BCUT2D eigenvalue weighted by atomic mass is 15.2. The van der Waals surface area contributed by atoms with Crippen LogP contribution >= 0.6 is 0 Å². The second-order valence-corrected chi connectivity index (χ2v) is 7.01. The van der Waals surface area contributed by atoms with Gasteiger partial charge in [-0.05, 0) is 70.1 Å². The van der Waals surface area contributed by atoms with E-state index in [2.05, 4.69) is 23.6 Å². The molecule has 2 aliphatic rings. The highest BCUT2D eigenvalue weighted by Crippen LogP contribution is 2.25. The van der Waals surface area contributed by atoms with Crippen molar-refractivity contribution in [2.24, 2.45) is 17.6 Å². The quantitative estimate of drug-likeness (QED) is 0.828. The van der Waals surface area contributed by atoms with Gasteiger partial charge in [0.1, 0.15) is 0 Å². The van der Waals surface area contributed by atoms with Crippen LogP contribution in [0.15, 0.2) is 0 Å². The molecule has 3 heteroatoms. The molecule has 2 heterocycles. The largest absolute Gasteiger partial charge is 0.330 e. The Morgan fingerprint density at radius 1 is 1.11 bits per heavy atom. The minimum atomic E-state index is 0.806. The van der Waals surface area contributed by atoms with Crippen molar-refractivity contribution in [2.45, 2.75) is 52.0 Å². The standard InChI is InChI=1S/C16H33N3/c1-14(2)12-18-10-6-16(7-11-18)19-9-3-4-15(13-19)5-8-17/h14-16H,3-13,17H2,1-2H3. The lowest BCUT2D eigenvalue weighted by Crippen LogP contribution is -2.49. The summed E-state index contributed by atoms with van der Waals surface area (Å²) < 4.78 is 0. The molecule has 19 heavy (non-hydrogen) atoms. The van der Waals surface area contributed by atoms with Crippen LogP contribution in [-0.4, -0.2) is 55.1 Å². The van der Waals surface area contributed by atoms with Gasteiger partial charge in [-0.2, -0.15) is 0 Å². The molecule has 0 saturated carbocycles. The fraction of sp³-hybridized carbons (Fsp3) is 1.00. The van der Waals surface area contributed by atoms with E-state index in [4.69, 9.17) is 5.73 Å². The fourth-order valence-corrected chi connectivity index (χ4v) is 3.88. The third-order valence-electron chi connectivity index (χ3n) is 4.82. The Balaban J connectivity index is 1.74. The van der Waals surface area contributed by atoms with Crippen molar-refractivity contribution < 1.29 is 0 Å². The molecule has 3 nitrogen and oxygen atoms in total. The van der Waals surface area contributed by atoms with Crippen molar-refractivity contribution in [3.8, 4) is 0 Å². The molecule has 0 spiro atoms. The molecule has 1 atom stereocenters. The van der Waals surface area contributed by atoms with Crippen LogP contribution in [0.4, 0.5) is 0 Å². The number of nitrogens with zero attached hydrogens (tertiary/aromatic N) is 2. The van der Waals surface area contributed by atoms with Crippen molar-refractivity contribution in [1.29, 1.82) is 0 Å². The van der Waals surface area contributed by atoms with Crippen LogP contribution in [0.25, 0.3) is 0 Å². The fourth-order valence-electron chi connectivity index (χ4n) is 3.88. The first-order valence-corrected chi connectivity index (χ1v) is 8.35. The van der Waals surface area contributed by atoms with E-state index in [-0.39, 0.29) is 0 Å². The molecule has 2 rings (SSSR count). The van der Waals surface area contributed by atoms with E-state index in [0.29, 0.717) is 0 Å². The van der Waals surface area contributed by atoms with E-state index in [1.165, 1.54) is 64.8 Å². The summed E-state index contributed by atoms with van der Waals surface area (Å²) in [5.41, 5.74) is 5.72. The van der Waals surface area contributed by atoms with Gasteiger partial charge in [0.15, 0.2) is 0 Å². The normalized spacial score (nSPS) is 28.1. The zero-order valence-electron chi connectivity index (χ0n) is 13.0. The summed E-state index contributed by atoms with van der Waals surface area (Å²) in [7, 11) is 0. The summed E-state index contributed by atoms with van der Waals surface area (Å²) >= 11 is 0. The summed E-state index contributed by atoms with van der Waals surface area (Å²) in [5.74, 6) is 1.67. The molecule has 2 aliphatic heterocycles. The maximum Gasteiger partial charge on any atom is 0.0120 e. The lowest BCUT2D eigenvalue weighted by atomic mass is 9.91. The molecule has 0 radical (unpaired) electrons. The van der Waals surface area contributed by atoms with E-state index in [1.807, 2.05) is 0 Å². The van der Waals surface area contributed by atoms with Crippen molar-refractivity contribution in [2.75, 3.05) is 39.3 Å². The van der Waals surface area contributed by atoms with Crippen LogP contribution in [0.3, 0.4) is 0 Å². The summed E-state index contributed by atoms with van der Waals surface area (Å²) in [4.78, 5) is 5.43. The molecule has 2 saturated heterocycles. The van der Waals surface area contributed by atoms with Gasteiger partial charge in [-0.15, -0.1) is 0 Å². The Labute approximate surface area is 119 Å². The third kappa shape index (κ3) is 4.73. The molecule has 2 N–H and O–H groups in total. The van der Waals surface area contributed by atoms with Crippen LogP contribution in [0.2, 0.25) is 0 Å². The van der Waals surface area contributed by atoms with E-state index in [1.54, 1.807) is 0 Å². The minimum Gasteiger partial charge on any atom is -0.330 e. The summed E-state index contributed by atoms with van der Waals surface area (Å²) in [6.45, 7) is 12.1. The topological polar surface area (TPSA) is 32.5 Å². The molecule has 0 amide bonds. The summed E-state index contributed by atoms with van der Waals surface area (Å²) in [6, 6.07) is 0.851. The van der Waals surface area contributed by atoms with Gasteiger partial charge in [0.25, 0.3) is 0 Å². The molecule has 0 bridgehead atoms. The molecule has 2 fully saturated rings. The van der Waals surface area contributed by atoms with Gasteiger partial charge in [-0.1, -0.05) is 13.8 Å². The zero-order chi connectivity index (χ0) is 13.7. The van der Waals surface area contributed by atoms with E-state index in [0.717, 1.165) is 24.4 Å². The van der Waals surface area contributed by atoms with E-state index < -0.39 is 0 Å². The van der Waals surface area contributed by atoms with E-state index >= 15 is 0 Å². The molecule has 0 aromatic carbocycles. The second kappa shape index (κ2) is 7.61. The molecule has 0 aromatic heterocycles. The predicted molar refractivity (Wildman–Crippen MR) is 82.3 cm³/mol. The Bertz CT molecular complexity index is 244. The van der Waals surface area contributed by atoms with E-state index in [9.17, 15) is 0 Å². The lowest BCUT2D eigenvalue weighted by Gasteiger charge is -2.42. The maximum atomic E-state index is 5.72. The molecule has 112 valence electrons. The van der Waals surface area contributed by atoms with Crippen LogP contribution in [0.5, 0.6) is 0 Å². The van der Waals surface area contributed by atoms with Gasteiger partial charge in [-0.3, -0.25) is 0 Å². The number of nitrogens with two attached hydrogens (primary N) is 1. The molecule has 0 aliphatic carbocycles. The van der Waals surface area contributed by atoms with Gasteiger partial charge in [0.05, 0.1) is 0 Å². The van der Waals surface area contributed by atoms with Crippen LogP contribution in [0, 0.1) is 11.8 Å². The van der Waals surface area contributed by atoms with Crippen molar-refractivity contribution in [3.63, 3.8) is 0 Å². The Morgan fingerprint density at radius 2 is 1.84 bits per heavy atom. The Hall–Kier alpha value is -0.120. The molecule has 1 unspecified atom stereocenters. The number of hydrogen-bond acceptors (Lipinski definition) is 3. The summed E-state index contributed by atoms with van der Waals surface area (Å²) in [5, 5.41) is 0. The maximum absolute atomic E-state index is 5.72. The Morgan fingerprint density at radius 3 is 2.47 bits per heavy atom. The highest BCUT2D eigenvalue weighted by Gasteiger charge is 2.28. The van der Waals surface area contributed by atoms with Gasteiger partial charge in [0, 0.05) is 19.1 Å². The van der Waals surface area contributed by atoms with Crippen molar-refractivity contribution in [1.82, 2.24) is 9.80 Å². The van der Waals surface area contributed by atoms with Crippen molar-refractivity contribution in [3.05, 3.63) is 0 Å². The van der Waals surface area contributed by atoms with Gasteiger partial charge in [0.2, 0.25) is 0 Å².